The van der Waals surface area contributed by atoms with Crippen LogP contribution in [0.3, 0.4) is 0 Å². The zero-order chi connectivity index (χ0) is 25.0. The van der Waals surface area contributed by atoms with Crippen molar-refractivity contribution in [3.8, 4) is 11.4 Å². The summed E-state index contributed by atoms with van der Waals surface area (Å²) in [4.78, 5) is 11.0. The highest BCUT2D eigenvalue weighted by molar-refractivity contribution is 7.92. The minimum absolute atomic E-state index is 0.0440. The fourth-order valence-electron chi connectivity index (χ4n) is 3.40. The van der Waals surface area contributed by atoms with Crippen LogP contribution in [0, 0.1) is 12.7 Å². The second-order valence-corrected chi connectivity index (χ2v) is 9.23. The summed E-state index contributed by atoms with van der Waals surface area (Å²) in [5.74, 6) is 0.565. The van der Waals surface area contributed by atoms with Crippen LogP contribution in [0.1, 0.15) is 19.5 Å². The molecule has 0 fully saturated rings. The van der Waals surface area contributed by atoms with Gasteiger partial charge in [-0.1, -0.05) is 0 Å². The maximum absolute atomic E-state index is 14.1. The van der Waals surface area contributed by atoms with Crippen molar-refractivity contribution in [3.05, 3.63) is 60.0 Å². The second-order valence-electron chi connectivity index (χ2n) is 7.55. The molecule has 0 aliphatic heterocycles. The van der Waals surface area contributed by atoms with E-state index < -0.39 is 15.8 Å². The van der Waals surface area contributed by atoms with E-state index in [1.165, 1.54) is 6.07 Å². The van der Waals surface area contributed by atoms with E-state index in [1.54, 1.807) is 24.3 Å². The van der Waals surface area contributed by atoms with Gasteiger partial charge in [0.15, 0.2) is 0 Å². The number of hydrogen-bond donors (Lipinski definition) is 3. The smallest absolute Gasteiger partial charge is 0.261 e. The van der Waals surface area contributed by atoms with Crippen LogP contribution < -0.4 is 14.9 Å². The molecule has 0 spiro atoms. The van der Waals surface area contributed by atoms with Crippen LogP contribution in [0.2, 0.25) is 0 Å². The molecule has 0 radical (unpaired) electrons. The van der Waals surface area contributed by atoms with Gasteiger partial charge in [-0.15, -0.1) is 10.2 Å². The fourth-order valence-corrected chi connectivity index (χ4v) is 4.49. The van der Waals surface area contributed by atoms with E-state index in [4.69, 9.17) is 0 Å². The van der Waals surface area contributed by atoms with Crippen molar-refractivity contribution in [2.45, 2.75) is 25.7 Å². The zero-order valence-corrected chi connectivity index (χ0v) is 20.1. The maximum atomic E-state index is 14.1. The number of anilines is 4. The van der Waals surface area contributed by atoms with Gasteiger partial charge in [-0.3, -0.25) is 4.72 Å². The predicted molar refractivity (Wildman–Crippen MR) is 130 cm³/mol. The number of halogens is 1. The molecule has 0 aliphatic carbocycles. The van der Waals surface area contributed by atoms with E-state index in [-0.39, 0.29) is 16.3 Å². The van der Waals surface area contributed by atoms with Gasteiger partial charge in [0, 0.05) is 36.2 Å². The predicted octanol–water partition coefficient (Wildman–Crippen LogP) is 3.49. The van der Waals surface area contributed by atoms with Crippen molar-refractivity contribution in [3.63, 3.8) is 0 Å². The molecule has 2 heterocycles. The van der Waals surface area contributed by atoms with Gasteiger partial charge in [-0.25, -0.2) is 17.8 Å². The molecule has 0 atom stereocenters. The molecule has 0 unspecified atom stereocenters. The molecule has 0 amide bonds. The van der Waals surface area contributed by atoms with Crippen LogP contribution in [0.5, 0.6) is 0 Å². The number of tetrazole rings is 1. The largest absolute Gasteiger partial charge is 0.357 e. The molecule has 35 heavy (non-hydrogen) atoms. The summed E-state index contributed by atoms with van der Waals surface area (Å²) in [7, 11) is -4.00. The van der Waals surface area contributed by atoms with Gasteiger partial charge < -0.3 is 10.2 Å². The number of benzene rings is 2. The third-order valence-corrected chi connectivity index (χ3v) is 6.53. The number of H-pyrrole nitrogens is 1. The molecule has 4 aromatic rings. The van der Waals surface area contributed by atoms with E-state index >= 15 is 0 Å². The molecular formula is C22H24FN9O2S. The van der Waals surface area contributed by atoms with Crippen molar-refractivity contribution in [2.24, 2.45) is 0 Å². The lowest BCUT2D eigenvalue weighted by molar-refractivity contribution is 0.600. The second kappa shape index (κ2) is 10.0. The summed E-state index contributed by atoms with van der Waals surface area (Å²) < 4.78 is 42.4. The van der Waals surface area contributed by atoms with Crippen molar-refractivity contribution >= 4 is 33.2 Å². The molecular weight excluding hydrogens is 473 g/mol. The molecule has 11 nitrogen and oxygen atoms in total. The average molecular weight is 498 g/mol. The van der Waals surface area contributed by atoms with Crippen LogP contribution in [0.15, 0.2) is 53.4 Å². The minimum Gasteiger partial charge on any atom is -0.357 e. The molecule has 13 heteroatoms. The van der Waals surface area contributed by atoms with E-state index in [2.05, 4.69) is 59.4 Å². The number of nitrogens with zero attached hydrogens (tertiary/aromatic N) is 6. The lowest BCUT2D eigenvalue weighted by atomic mass is 10.2. The van der Waals surface area contributed by atoms with Crippen LogP contribution >= 0.6 is 0 Å². The highest BCUT2D eigenvalue weighted by Crippen LogP contribution is 2.25. The summed E-state index contributed by atoms with van der Waals surface area (Å²) >= 11 is 0. The summed E-state index contributed by atoms with van der Waals surface area (Å²) in [6, 6.07) is 11.9. The number of sulfonamides is 1. The Labute approximate surface area is 201 Å². The van der Waals surface area contributed by atoms with Gasteiger partial charge in [-0.2, -0.15) is 10.2 Å². The molecule has 0 saturated heterocycles. The van der Waals surface area contributed by atoms with Crippen molar-refractivity contribution in [2.75, 3.05) is 28.0 Å². The lowest BCUT2D eigenvalue weighted by Gasteiger charge is -2.20. The summed E-state index contributed by atoms with van der Waals surface area (Å²) in [6.07, 6.45) is 0. The first-order chi connectivity index (χ1) is 16.8. The molecule has 0 bridgehead atoms. The molecule has 4 rings (SSSR count). The van der Waals surface area contributed by atoms with Gasteiger partial charge in [0.25, 0.3) is 10.0 Å². The Kier molecular flexibility index (Phi) is 6.87. The van der Waals surface area contributed by atoms with Crippen LogP contribution in [-0.2, 0) is 10.0 Å². The van der Waals surface area contributed by atoms with Crippen molar-refractivity contribution in [1.82, 2.24) is 30.6 Å². The Morgan fingerprint density at radius 3 is 2.37 bits per heavy atom. The zero-order valence-electron chi connectivity index (χ0n) is 19.3. The monoisotopic (exact) mass is 497 g/mol. The lowest BCUT2D eigenvalue weighted by Crippen LogP contribution is -2.23. The highest BCUT2D eigenvalue weighted by Gasteiger charge is 2.19. The Bertz CT molecular complexity index is 1410. The summed E-state index contributed by atoms with van der Waals surface area (Å²) in [6.45, 7) is 7.67. The Hall–Kier alpha value is -4.13. The Morgan fingerprint density at radius 1 is 1.00 bits per heavy atom. The first-order valence-corrected chi connectivity index (χ1v) is 12.3. The van der Waals surface area contributed by atoms with E-state index in [0.29, 0.717) is 17.3 Å². The van der Waals surface area contributed by atoms with Gasteiger partial charge in [-0.05, 0) is 68.4 Å². The quantitative estimate of drug-likeness (QED) is 0.317. The Morgan fingerprint density at radius 2 is 1.71 bits per heavy atom. The van der Waals surface area contributed by atoms with E-state index in [0.717, 1.165) is 36.7 Å². The van der Waals surface area contributed by atoms with Crippen LogP contribution in [-0.4, -0.2) is 52.1 Å². The number of nitrogens with one attached hydrogen (secondary N) is 3. The van der Waals surface area contributed by atoms with E-state index in [9.17, 15) is 12.8 Å². The molecule has 182 valence electrons. The van der Waals surface area contributed by atoms with E-state index in [1.807, 2.05) is 13.0 Å². The van der Waals surface area contributed by atoms with Gasteiger partial charge in [0.05, 0.1) is 10.5 Å². The van der Waals surface area contributed by atoms with Crippen molar-refractivity contribution < 1.29 is 12.8 Å². The van der Waals surface area contributed by atoms with Crippen LogP contribution in [0.4, 0.5) is 27.5 Å². The highest BCUT2D eigenvalue weighted by atomic mass is 32.2. The average Bonchev–Trinajstić information content (AvgIpc) is 3.36. The van der Waals surface area contributed by atoms with Gasteiger partial charge in [0.2, 0.25) is 11.8 Å². The standard InChI is InChI=1S/C22H24FN9O2S/c1-4-32(5-2)20-12-14(3)24-22(26-20)25-15-6-8-16(9-7-15)29-35(33,34)17-10-11-19(23)18(13-17)21-27-30-31-28-21/h6-13,29H,4-5H2,1-3H3,(H,24,25,26)(H,27,28,30,31). The van der Waals surface area contributed by atoms with Crippen molar-refractivity contribution in [1.29, 1.82) is 0 Å². The first kappa shape index (κ1) is 24.0. The SMILES string of the molecule is CCN(CC)c1cc(C)nc(Nc2ccc(NS(=O)(=O)c3ccc(F)c(-c4nn[nH]n4)c3)cc2)n1. The number of rotatable bonds is 9. The summed E-state index contributed by atoms with van der Waals surface area (Å²) in [5.41, 5.74) is 1.76. The minimum atomic E-state index is -4.00. The van der Waals surface area contributed by atoms with Gasteiger partial charge >= 0.3 is 0 Å². The first-order valence-electron chi connectivity index (χ1n) is 10.8. The number of aromatic nitrogens is 6. The summed E-state index contributed by atoms with van der Waals surface area (Å²) in [5, 5.41) is 16.2. The Balaban J connectivity index is 1.51. The third-order valence-electron chi connectivity index (χ3n) is 5.16. The van der Waals surface area contributed by atoms with Crippen LogP contribution in [0.25, 0.3) is 11.4 Å². The maximum Gasteiger partial charge on any atom is 0.261 e. The topological polar surface area (TPSA) is 142 Å². The third kappa shape index (κ3) is 5.51. The molecule has 2 aromatic carbocycles. The number of aryl methyl sites for hydroxylation is 1. The normalized spacial score (nSPS) is 11.3. The molecule has 2 aromatic heterocycles. The number of aromatic amines is 1. The fraction of sp³-hybridized carbons (Fsp3) is 0.227. The number of hydrogen-bond acceptors (Lipinski definition) is 9. The molecule has 3 N–H and O–H groups in total. The van der Waals surface area contributed by atoms with Gasteiger partial charge in [0.1, 0.15) is 11.6 Å². The molecule has 0 saturated carbocycles. The molecule has 0 aliphatic rings.